The lowest BCUT2D eigenvalue weighted by molar-refractivity contribution is -0.137. The number of amides is 1. The highest BCUT2D eigenvalue weighted by Crippen LogP contribution is 2.31. The van der Waals surface area contributed by atoms with Crippen LogP contribution in [0, 0.1) is 11.3 Å². The fraction of sp³-hybridized carbons (Fsp3) is 0.0870. The molecule has 0 aromatic heterocycles. The van der Waals surface area contributed by atoms with Crippen molar-refractivity contribution < 1.29 is 31.1 Å². The average Bonchev–Trinajstić information content (AvgIpc) is 2.85. The van der Waals surface area contributed by atoms with E-state index in [1.165, 1.54) is 37.4 Å². The predicted octanol–water partition coefficient (Wildman–Crippen LogP) is 5.10. The number of carbonyl (C=O) groups is 1. The zero-order valence-corrected chi connectivity index (χ0v) is 20.4. The highest BCUT2D eigenvalue weighted by Gasteiger charge is 2.30. The molecule has 0 fully saturated rings. The number of ether oxygens (including phenoxy) is 1. The number of hydrogen-bond acceptors (Lipinski definition) is 7. The fourth-order valence-corrected chi connectivity index (χ4v) is 4.15. The molecule has 9 nitrogen and oxygen atoms in total. The van der Waals surface area contributed by atoms with Crippen LogP contribution < -0.4 is 20.2 Å². The number of alkyl halides is 3. The second-order valence-corrected chi connectivity index (χ2v) is 9.25. The van der Waals surface area contributed by atoms with Gasteiger partial charge in [0.1, 0.15) is 11.8 Å². The number of methoxy groups -OCH3 is 1. The van der Waals surface area contributed by atoms with Crippen molar-refractivity contribution in [1.82, 2.24) is 0 Å². The van der Waals surface area contributed by atoms with Crippen LogP contribution in [0.3, 0.4) is 0 Å². The molecule has 0 aliphatic carbocycles. The van der Waals surface area contributed by atoms with Crippen molar-refractivity contribution in [2.75, 3.05) is 22.6 Å². The number of carbonyl (C=O) groups excluding carboxylic acids is 1. The summed E-state index contributed by atoms with van der Waals surface area (Å²) in [5.74, 6) is -0.819. The minimum Gasteiger partial charge on any atom is -0.495 e. The molecular weight excluding hydrogens is 535 g/mol. The Hall–Kier alpha value is -4.28. The summed E-state index contributed by atoms with van der Waals surface area (Å²) in [6.45, 7) is 0. The van der Waals surface area contributed by atoms with E-state index in [1.54, 1.807) is 18.2 Å². The van der Waals surface area contributed by atoms with Gasteiger partial charge in [0.05, 0.1) is 34.0 Å². The first-order valence-electron chi connectivity index (χ1n) is 10.1. The van der Waals surface area contributed by atoms with E-state index in [4.69, 9.17) is 16.3 Å². The summed E-state index contributed by atoms with van der Waals surface area (Å²) in [4.78, 5) is 12.1. The third kappa shape index (κ3) is 6.90. The third-order valence-electron chi connectivity index (χ3n) is 4.66. The Morgan fingerprint density at radius 3 is 2.46 bits per heavy atom. The highest BCUT2D eigenvalue weighted by atomic mass is 35.5. The van der Waals surface area contributed by atoms with Gasteiger partial charge in [-0.25, -0.2) is 8.42 Å². The lowest BCUT2D eigenvalue weighted by Gasteiger charge is -2.13. The molecule has 0 saturated heterocycles. The highest BCUT2D eigenvalue weighted by molar-refractivity contribution is 7.92. The van der Waals surface area contributed by atoms with Crippen LogP contribution in [0.15, 0.2) is 76.7 Å². The van der Waals surface area contributed by atoms with Crippen molar-refractivity contribution in [3.8, 4) is 11.8 Å². The SMILES string of the molecule is COc1ccccc1NS(=O)(=O)c1ccc(Cl)c(N/N=C(/C#N)C(=O)Nc2cccc(C(F)(F)F)c2)c1. The minimum atomic E-state index is -4.63. The Balaban J connectivity index is 1.81. The van der Waals surface area contributed by atoms with Crippen molar-refractivity contribution >= 4 is 50.3 Å². The first-order chi connectivity index (χ1) is 17.4. The monoisotopic (exact) mass is 551 g/mol. The smallest absolute Gasteiger partial charge is 0.416 e. The number of rotatable bonds is 8. The van der Waals surface area contributed by atoms with Crippen LogP contribution in [-0.4, -0.2) is 27.1 Å². The Labute approximate surface area is 214 Å². The number of hydrogen-bond donors (Lipinski definition) is 3. The van der Waals surface area contributed by atoms with E-state index in [1.807, 2.05) is 0 Å². The van der Waals surface area contributed by atoms with Crippen LogP contribution in [0.5, 0.6) is 5.75 Å². The summed E-state index contributed by atoms with van der Waals surface area (Å²) in [6, 6.07) is 15.2. The Kier molecular flexibility index (Phi) is 8.26. The largest absolute Gasteiger partial charge is 0.495 e. The number of halogens is 4. The molecule has 37 heavy (non-hydrogen) atoms. The van der Waals surface area contributed by atoms with Crippen molar-refractivity contribution in [2.45, 2.75) is 11.1 Å². The molecule has 0 saturated carbocycles. The standard InChI is InChI=1S/C23H17ClF3N5O4S/c1-36-21-8-3-2-7-18(21)32-37(34,35)16-9-10-17(24)19(12-16)30-31-20(13-28)22(33)29-15-6-4-5-14(11-15)23(25,26)27/h2-12,30,32H,1H3,(H,29,33)/b31-20-. The molecule has 0 spiro atoms. The van der Waals surface area contributed by atoms with E-state index < -0.39 is 33.4 Å². The van der Waals surface area contributed by atoms with Crippen molar-refractivity contribution in [1.29, 1.82) is 5.26 Å². The summed E-state index contributed by atoms with van der Waals surface area (Å²) >= 11 is 6.09. The van der Waals surface area contributed by atoms with E-state index >= 15 is 0 Å². The van der Waals surface area contributed by atoms with Crippen LogP contribution >= 0.6 is 11.6 Å². The van der Waals surface area contributed by atoms with Gasteiger partial charge in [0, 0.05) is 5.69 Å². The molecule has 3 N–H and O–H groups in total. The van der Waals surface area contributed by atoms with Gasteiger partial charge in [-0.2, -0.15) is 23.5 Å². The number of nitriles is 1. The van der Waals surface area contributed by atoms with Gasteiger partial charge >= 0.3 is 6.18 Å². The molecule has 0 aliphatic heterocycles. The molecule has 14 heteroatoms. The van der Waals surface area contributed by atoms with Crippen molar-refractivity contribution in [3.63, 3.8) is 0 Å². The molecule has 0 atom stereocenters. The van der Waals surface area contributed by atoms with Gasteiger partial charge in [-0.1, -0.05) is 29.8 Å². The lowest BCUT2D eigenvalue weighted by Crippen LogP contribution is -2.23. The molecule has 3 aromatic carbocycles. The first kappa shape index (κ1) is 27.3. The molecular formula is C23H17ClF3N5O4S. The van der Waals surface area contributed by atoms with Crippen LogP contribution in [0.4, 0.5) is 30.2 Å². The normalized spacial score (nSPS) is 11.8. The van der Waals surface area contributed by atoms with Gasteiger partial charge in [0.2, 0.25) is 5.71 Å². The van der Waals surface area contributed by atoms with Crippen LogP contribution in [0.1, 0.15) is 5.56 Å². The molecule has 1 amide bonds. The molecule has 0 unspecified atom stereocenters. The molecule has 3 aromatic rings. The lowest BCUT2D eigenvalue weighted by atomic mass is 10.2. The number of benzene rings is 3. The number of nitrogens with one attached hydrogen (secondary N) is 3. The maximum atomic E-state index is 12.9. The van der Waals surface area contributed by atoms with Gasteiger partial charge in [0.15, 0.2) is 0 Å². The Bertz CT molecular complexity index is 1500. The molecule has 192 valence electrons. The third-order valence-corrected chi connectivity index (χ3v) is 6.35. The summed E-state index contributed by atoms with van der Waals surface area (Å²) < 4.78 is 71.9. The first-order valence-corrected chi connectivity index (χ1v) is 12.0. The zero-order valence-electron chi connectivity index (χ0n) is 18.8. The number of para-hydroxylation sites is 2. The average molecular weight is 552 g/mol. The predicted molar refractivity (Wildman–Crippen MR) is 132 cm³/mol. The summed E-state index contributed by atoms with van der Waals surface area (Å²) in [5.41, 5.74) is 0.499. The zero-order chi connectivity index (χ0) is 27.2. The topological polar surface area (TPSA) is 133 Å². The second-order valence-electron chi connectivity index (χ2n) is 7.16. The second kappa shape index (κ2) is 11.2. The van der Waals surface area contributed by atoms with Crippen LogP contribution in [0.25, 0.3) is 0 Å². The molecule has 0 radical (unpaired) electrons. The summed E-state index contributed by atoms with van der Waals surface area (Å²) in [7, 11) is -2.74. The summed E-state index contributed by atoms with van der Waals surface area (Å²) in [6.07, 6.45) is -4.63. The van der Waals surface area contributed by atoms with Gasteiger partial charge in [0.25, 0.3) is 15.9 Å². The maximum Gasteiger partial charge on any atom is 0.416 e. The van der Waals surface area contributed by atoms with Crippen LogP contribution in [-0.2, 0) is 21.0 Å². The number of hydrazone groups is 1. The van der Waals surface area contributed by atoms with Gasteiger partial charge < -0.3 is 10.1 Å². The molecule has 0 bridgehead atoms. The molecule has 3 rings (SSSR count). The van der Waals surface area contributed by atoms with E-state index in [0.29, 0.717) is 6.07 Å². The van der Waals surface area contributed by atoms with E-state index in [-0.39, 0.29) is 32.7 Å². The number of anilines is 3. The number of nitrogens with zero attached hydrogens (tertiary/aromatic N) is 2. The Morgan fingerprint density at radius 2 is 1.78 bits per heavy atom. The minimum absolute atomic E-state index is 0.00979. The van der Waals surface area contributed by atoms with E-state index in [2.05, 4.69) is 20.6 Å². The van der Waals surface area contributed by atoms with Gasteiger partial charge in [-0.15, -0.1) is 0 Å². The van der Waals surface area contributed by atoms with Crippen LogP contribution in [0.2, 0.25) is 5.02 Å². The fourth-order valence-electron chi connectivity index (χ4n) is 2.90. The van der Waals surface area contributed by atoms with Crippen molar-refractivity contribution in [2.24, 2.45) is 5.10 Å². The Morgan fingerprint density at radius 1 is 1.05 bits per heavy atom. The van der Waals surface area contributed by atoms with Gasteiger partial charge in [-0.05, 0) is 48.5 Å². The van der Waals surface area contributed by atoms with Crippen molar-refractivity contribution in [3.05, 3.63) is 77.3 Å². The summed E-state index contributed by atoms with van der Waals surface area (Å²) in [5, 5.41) is 15.1. The van der Waals surface area contributed by atoms with Gasteiger partial charge in [-0.3, -0.25) is 14.9 Å². The molecule has 0 aliphatic rings. The quantitative estimate of drug-likeness (QED) is 0.263. The van der Waals surface area contributed by atoms with E-state index in [9.17, 15) is 31.6 Å². The number of sulfonamides is 1. The molecule has 0 heterocycles. The van der Waals surface area contributed by atoms with E-state index in [0.717, 1.165) is 18.2 Å². The maximum absolute atomic E-state index is 12.9.